The van der Waals surface area contributed by atoms with E-state index in [1.165, 1.54) is 25.9 Å². The Hall–Kier alpha value is -2.08. The van der Waals surface area contributed by atoms with E-state index < -0.39 is 0 Å². The Morgan fingerprint density at radius 2 is 1.96 bits per heavy atom. The molecule has 6 rings (SSSR count). The smallest absolute Gasteiger partial charge is 0.317 e. The van der Waals surface area contributed by atoms with Gasteiger partial charge in [0.25, 0.3) is 0 Å². The van der Waals surface area contributed by atoms with Crippen molar-refractivity contribution >= 4 is 16.9 Å². The molecule has 2 bridgehead atoms. The number of hydrogen-bond acceptors (Lipinski definition) is 3. The normalized spacial score (nSPS) is 30.8. The summed E-state index contributed by atoms with van der Waals surface area (Å²) in [6.45, 7) is 6.04. The monoisotopic (exact) mass is 353 g/mol. The van der Waals surface area contributed by atoms with Gasteiger partial charge in [-0.25, -0.2) is 4.79 Å². The second-order valence-corrected chi connectivity index (χ2v) is 8.12. The molecule has 2 amide bonds. The summed E-state index contributed by atoms with van der Waals surface area (Å²) >= 11 is 0. The van der Waals surface area contributed by atoms with E-state index in [0.717, 1.165) is 49.4 Å². The van der Waals surface area contributed by atoms with Gasteiger partial charge in [0.05, 0.1) is 17.8 Å². The van der Waals surface area contributed by atoms with Crippen molar-refractivity contribution in [3.05, 3.63) is 30.5 Å². The maximum atomic E-state index is 12.6. The molecular formula is C20H27N5O. The summed E-state index contributed by atoms with van der Waals surface area (Å²) < 4.78 is 2.09. The number of carbonyl (C=O) groups excluding carboxylic acids is 1. The first kappa shape index (κ1) is 16.1. The van der Waals surface area contributed by atoms with Crippen molar-refractivity contribution in [1.82, 2.24) is 24.9 Å². The number of urea groups is 1. The summed E-state index contributed by atoms with van der Waals surface area (Å²) in [5.74, 6) is 1.44. The number of nitrogens with one attached hydrogen (secondary N) is 1. The van der Waals surface area contributed by atoms with Gasteiger partial charge in [-0.3, -0.25) is 4.68 Å². The van der Waals surface area contributed by atoms with Gasteiger partial charge in [-0.05, 0) is 50.3 Å². The van der Waals surface area contributed by atoms with Gasteiger partial charge in [0.15, 0.2) is 0 Å². The summed E-state index contributed by atoms with van der Waals surface area (Å²) in [4.78, 5) is 17.2. The van der Waals surface area contributed by atoms with Crippen LogP contribution >= 0.6 is 0 Å². The number of nitrogens with zero attached hydrogens (tertiary/aromatic N) is 4. The second kappa shape index (κ2) is 6.58. The highest BCUT2D eigenvalue weighted by Gasteiger charge is 2.35. The molecule has 1 N–H and O–H groups in total. The predicted molar refractivity (Wildman–Crippen MR) is 101 cm³/mol. The minimum absolute atomic E-state index is 0.0976. The van der Waals surface area contributed by atoms with Gasteiger partial charge in [0.2, 0.25) is 0 Å². The fourth-order valence-corrected chi connectivity index (χ4v) is 5.06. The average Bonchev–Trinajstić information content (AvgIpc) is 3.34. The number of para-hydroxylation sites is 1. The number of aromatic nitrogens is 2. The number of likely N-dealkylation sites (tertiary alicyclic amines) is 1. The zero-order valence-corrected chi connectivity index (χ0v) is 15.2. The zero-order valence-electron chi connectivity index (χ0n) is 15.2. The number of fused-ring (bicyclic) bond motifs is 4. The molecule has 5 heterocycles. The topological polar surface area (TPSA) is 53.4 Å². The molecule has 2 aromatic rings. The molecule has 4 saturated heterocycles. The highest BCUT2D eigenvalue weighted by molar-refractivity contribution is 5.78. The largest absolute Gasteiger partial charge is 0.338 e. The van der Waals surface area contributed by atoms with Crippen LogP contribution < -0.4 is 5.32 Å². The Balaban J connectivity index is 1.19. The van der Waals surface area contributed by atoms with Crippen LogP contribution in [0, 0.1) is 11.8 Å². The fourth-order valence-electron chi connectivity index (χ4n) is 5.06. The van der Waals surface area contributed by atoms with E-state index >= 15 is 0 Å². The van der Waals surface area contributed by atoms with Crippen molar-refractivity contribution in [1.29, 1.82) is 0 Å². The van der Waals surface area contributed by atoms with Crippen molar-refractivity contribution in [3.8, 4) is 0 Å². The van der Waals surface area contributed by atoms with Crippen LogP contribution in [-0.2, 0) is 0 Å². The predicted octanol–water partition coefficient (Wildman–Crippen LogP) is 2.33. The van der Waals surface area contributed by atoms with Gasteiger partial charge in [0, 0.05) is 31.6 Å². The summed E-state index contributed by atoms with van der Waals surface area (Å²) in [6.07, 6.45) is 5.50. The maximum Gasteiger partial charge on any atom is 0.317 e. The second-order valence-electron chi connectivity index (χ2n) is 8.12. The molecule has 6 heteroatoms. The van der Waals surface area contributed by atoms with Gasteiger partial charge in [-0.1, -0.05) is 18.2 Å². The summed E-state index contributed by atoms with van der Waals surface area (Å²) in [6, 6.07) is 8.66. The molecule has 26 heavy (non-hydrogen) atoms. The van der Waals surface area contributed by atoms with E-state index in [1.54, 1.807) is 0 Å². The summed E-state index contributed by atoms with van der Waals surface area (Å²) in [5, 5.41) is 8.95. The average molecular weight is 353 g/mol. The van der Waals surface area contributed by atoms with E-state index in [2.05, 4.69) is 32.1 Å². The third kappa shape index (κ3) is 2.86. The van der Waals surface area contributed by atoms with Gasteiger partial charge in [-0.15, -0.1) is 0 Å². The van der Waals surface area contributed by atoms with Crippen molar-refractivity contribution in [3.63, 3.8) is 0 Å². The molecular weight excluding hydrogens is 326 g/mol. The lowest BCUT2D eigenvalue weighted by atomic mass is 9.79. The highest BCUT2D eigenvalue weighted by Crippen LogP contribution is 2.32. The van der Waals surface area contributed by atoms with Crippen molar-refractivity contribution in [2.45, 2.75) is 25.3 Å². The number of piperidine rings is 3. The highest BCUT2D eigenvalue weighted by atomic mass is 16.2. The van der Waals surface area contributed by atoms with Crippen molar-refractivity contribution in [2.75, 3.05) is 39.3 Å². The van der Waals surface area contributed by atoms with E-state index in [1.807, 2.05) is 23.2 Å². The van der Waals surface area contributed by atoms with Crippen LogP contribution in [0.4, 0.5) is 4.79 Å². The Morgan fingerprint density at radius 1 is 1.12 bits per heavy atom. The van der Waals surface area contributed by atoms with Gasteiger partial charge in [-0.2, -0.15) is 5.10 Å². The van der Waals surface area contributed by atoms with E-state index in [4.69, 9.17) is 0 Å². The number of amides is 2. The lowest BCUT2D eigenvalue weighted by molar-refractivity contribution is 0.0516. The number of hydrogen-bond donors (Lipinski definition) is 1. The van der Waals surface area contributed by atoms with Crippen molar-refractivity contribution in [2.24, 2.45) is 11.8 Å². The van der Waals surface area contributed by atoms with E-state index in [9.17, 15) is 4.79 Å². The third-order valence-electron chi connectivity index (χ3n) is 6.61. The van der Waals surface area contributed by atoms with Crippen LogP contribution in [0.5, 0.6) is 0 Å². The first-order valence-electron chi connectivity index (χ1n) is 9.95. The Morgan fingerprint density at radius 3 is 2.77 bits per heavy atom. The molecule has 4 aliphatic rings. The lowest BCUT2D eigenvalue weighted by Crippen LogP contribution is -2.52. The Kier molecular flexibility index (Phi) is 4.08. The fraction of sp³-hybridized carbons (Fsp3) is 0.600. The number of carbonyl (C=O) groups is 1. The number of benzene rings is 1. The maximum absolute atomic E-state index is 12.6. The molecule has 0 radical (unpaired) electrons. The zero-order chi connectivity index (χ0) is 17.5. The molecule has 2 unspecified atom stereocenters. The molecule has 4 fully saturated rings. The standard InChI is InChI=1S/C20H27N5O/c26-20(21-11-17-13-23-8-5-15(17)6-9-23)24-10-7-18(14-24)25-19-4-2-1-3-16(19)12-22-25/h1-4,12,15,17-18H,5-11,13-14H2,(H,21,26). The van der Waals surface area contributed by atoms with E-state index in [-0.39, 0.29) is 12.1 Å². The Labute approximate surface area is 154 Å². The molecule has 0 spiro atoms. The summed E-state index contributed by atoms with van der Waals surface area (Å²) in [7, 11) is 0. The first-order valence-corrected chi connectivity index (χ1v) is 9.95. The molecule has 0 aliphatic carbocycles. The van der Waals surface area contributed by atoms with Crippen molar-refractivity contribution < 1.29 is 4.79 Å². The summed E-state index contributed by atoms with van der Waals surface area (Å²) in [5.41, 5.74) is 1.16. The van der Waals surface area contributed by atoms with Crippen LogP contribution in [-0.4, -0.2) is 64.9 Å². The molecule has 6 nitrogen and oxygen atoms in total. The quantitative estimate of drug-likeness (QED) is 0.921. The molecule has 138 valence electrons. The van der Waals surface area contributed by atoms with Gasteiger partial charge >= 0.3 is 6.03 Å². The van der Waals surface area contributed by atoms with E-state index in [0.29, 0.717) is 5.92 Å². The minimum atomic E-state index is 0.0976. The first-order chi connectivity index (χ1) is 12.8. The minimum Gasteiger partial charge on any atom is -0.338 e. The Bertz CT molecular complexity index is 794. The molecule has 4 aliphatic heterocycles. The van der Waals surface area contributed by atoms with Crippen LogP contribution in [0.15, 0.2) is 30.5 Å². The lowest BCUT2D eigenvalue weighted by Gasteiger charge is -2.45. The molecule has 1 aromatic carbocycles. The van der Waals surface area contributed by atoms with Gasteiger partial charge in [0.1, 0.15) is 0 Å². The SMILES string of the molecule is O=C(NCC1CN2CCC1CC2)N1CCC(n2ncc3ccccc32)C1. The third-order valence-corrected chi connectivity index (χ3v) is 6.61. The molecule has 0 saturated carbocycles. The molecule has 2 atom stereocenters. The van der Waals surface area contributed by atoms with Crippen LogP contribution in [0.1, 0.15) is 25.3 Å². The van der Waals surface area contributed by atoms with Crippen LogP contribution in [0.25, 0.3) is 10.9 Å². The van der Waals surface area contributed by atoms with Gasteiger partial charge < -0.3 is 15.1 Å². The number of rotatable bonds is 3. The van der Waals surface area contributed by atoms with Crippen LogP contribution in [0.2, 0.25) is 0 Å². The van der Waals surface area contributed by atoms with Crippen LogP contribution in [0.3, 0.4) is 0 Å². The molecule has 1 aromatic heterocycles.